The summed E-state index contributed by atoms with van der Waals surface area (Å²) in [6.07, 6.45) is -0.567. The molecule has 2 aromatic carbocycles. The number of rotatable bonds is 15. The number of Topliss-reactive ketones (excluding diaryl/α,β-unsaturated/α-hetero) is 1. The molecule has 3 rings (SSSR count). The number of nitrogens with two attached hydrogens (primary N) is 1. The minimum atomic E-state index is -1.34. The van der Waals surface area contributed by atoms with E-state index in [-0.39, 0.29) is 50.2 Å². The van der Waals surface area contributed by atoms with Crippen LogP contribution in [0.1, 0.15) is 56.0 Å². The Balaban J connectivity index is 1.64. The average molecular weight is 621 g/mol. The number of carbonyl (C=O) groups is 4. The molecule has 240 valence electrons. The van der Waals surface area contributed by atoms with Crippen LogP contribution in [0.3, 0.4) is 0 Å². The van der Waals surface area contributed by atoms with Crippen molar-refractivity contribution >= 4 is 23.6 Å². The number of carboxylic acids is 1. The minimum Gasteiger partial charge on any atom is -0.480 e. The molecular formula is C31H39F3N4O6. The fraction of sp³-hybridized carbons (Fsp3) is 0.484. The van der Waals surface area contributed by atoms with E-state index in [0.29, 0.717) is 24.3 Å². The predicted molar refractivity (Wildman–Crippen MR) is 155 cm³/mol. The molecule has 1 heterocycles. The Morgan fingerprint density at radius 1 is 1.07 bits per heavy atom. The van der Waals surface area contributed by atoms with Crippen LogP contribution in [-0.2, 0) is 25.5 Å². The van der Waals surface area contributed by atoms with Crippen molar-refractivity contribution in [1.82, 2.24) is 15.5 Å². The van der Waals surface area contributed by atoms with Crippen LogP contribution in [0.25, 0.3) is 0 Å². The van der Waals surface area contributed by atoms with Crippen molar-refractivity contribution in [2.45, 2.75) is 76.2 Å². The van der Waals surface area contributed by atoms with Gasteiger partial charge in [-0.1, -0.05) is 30.3 Å². The topological polar surface area (TPSA) is 151 Å². The molecular weight excluding hydrogens is 581 g/mol. The highest BCUT2D eigenvalue weighted by Gasteiger charge is 2.45. The summed E-state index contributed by atoms with van der Waals surface area (Å²) in [7, 11) is 0. The molecule has 0 radical (unpaired) electrons. The van der Waals surface area contributed by atoms with Gasteiger partial charge < -0.3 is 25.8 Å². The molecule has 1 fully saturated rings. The summed E-state index contributed by atoms with van der Waals surface area (Å²) in [5, 5.41) is 15.7. The van der Waals surface area contributed by atoms with Gasteiger partial charge in [0, 0.05) is 62.2 Å². The van der Waals surface area contributed by atoms with Crippen molar-refractivity contribution in [3.63, 3.8) is 0 Å². The predicted octanol–water partition coefficient (Wildman–Crippen LogP) is 2.58. The Kier molecular flexibility index (Phi) is 12.0. The van der Waals surface area contributed by atoms with E-state index in [1.807, 2.05) is 0 Å². The van der Waals surface area contributed by atoms with Gasteiger partial charge >= 0.3 is 5.97 Å². The number of nitrogens with zero attached hydrogens (tertiary/aromatic N) is 1. The third-order valence-electron chi connectivity index (χ3n) is 7.38. The number of carbonyl (C=O) groups excluding carboxylic acids is 3. The molecule has 10 nitrogen and oxygen atoms in total. The van der Waals surface area contributed by atoms with Crippen molar-refractivity contribution in [1.29, 1.82) is 0 Å². The van der Waals surface area contributed by atoms with Gasteiger partial charge in [0.25, 0.3) is 0 Å². The first-order valence-electron chi connectivity index (χ1n) is 14.4. The second-order valence-electron chi connectivity index (χ2n) is 11.5. The number of hydrogen-bond donors (Lipinski definition) is 4. The third kappa shape index (κ3) is 9.34. The highest BCUT2D eigenvalue weighted by atomic mass is 19.2. The molecule has 0 saturated carbocycles. The number of ether oxygens (including phenoxy) is 1. The van der Waals surface area contributed by atoms with Crippen LogP contribution < -0.4 is 16.4 Å². The zero-order valence-electron chi connectivity index (χ0n) is 24.9. The largest absolute Gasteiger partial charge is 0.480 e. The number of amides is 2. The monoisotopic (exact) mass is 620 g/mol. The lowest BCUT2D eigenvalue weighted by Crippen LogP contribution is -2.60. The highest BCUT2D eigenvalue weighted by molar-refractivity contribution is 5.96. The van der Waals surface area contributed by atoms with E-state index >= 15 is 0 Å². The first-order valence-corrected chi connectivity index (χ1v) is 14.4. The van der Waals surface area contributed by atoms with Gasteiger partial charge in [0.1, 0.15) is 11.9 Å². The van der Waals surface area contributed by atoms with Crippen LogP contribution in [0.15, 0.2) is 42.5 Å². The second-order valence-corrected chi connectivity index (χ2v) is 11.5. The van der Waals surface area contributed by atoms with E-state index in [1.54, 1.807) is 51.1 Å². The van der Waals surface area contributed by atoms with Gasteiger partial charge in [-0.05, 0) is 38.8 Å². The lowest BCUT2D eigenvalue weighted by Gasteiger charge is -2.35. The van der Waals surface area contributed by atoms with Crippen LogP contribution in [0.5, 0.6) is 0 Å². The fourth-order valence-corrected chi connectivity index (χ4v) is 5.31. The van der Waals surface area contributed by atoms with Crippen molar-refractivity contribution < 1.29 is 42.2 Å². The first kappa shape index (κ1) is 34.7. The van der Waals surface area contributed by atoms with Crippen molar-refractivity contribution in [3.8, 4) is 0 Å². The van der Waals surface area contributed by atoms with Gasteiger partial charge in [0.05, 0.1) is 12.1 Å². The Hall–Kier alpha value is -3.81. The lowest BCUT2D eigenvalue weighted by atomic mass is 9.97. The molecule has 4 atom stereocenters. The maximum atomic E-state index is 14.0. The quantitative estimate of drug-likeness (QED) is 0.175. The summed E-state index contributed by atoms with van der Waals surface area (Å²) in [6.45, 7) is 5.40. The molecule has 0 bridgehead atoms. The molecule has 0 aliphatic carbocycles. The van der Waals surface area contributed by atoms with Gasteiger partial charge in [-0.25, -0.2) is 18.0 Å². The van der Waals surface area contributed by atoms with Crippen LogP contribution in [0.2, 0.25) is 0 Å². The Morgan fingerprint density at radius 3 is 2.36 bits per heavy atom. The highest BCUT2D eigenvalue weighted by Crippen LogP contribution is 2.24. The Bertz CT molecular complexity index is 1340. The van der Waals surface area contributed by atoms with E-state index in [1.165, 1.54) is 4.90 Å². The lowest BCUT2D eigenvalue weighted by molar-refractivity contribution is -0.150. The summed E-state index contributed by atoms with van der Waals surface area (Å²) in [5.41, 5.74) is 4.98. The normalized spacial score (nSPS) is 18.1. The van der Waals surface area contributed by atoms with E-state index in [2.05, 4.69) is 10.6 Å². The third-order valence-corrected chi connectivity index (χ3v) is 7.38. The molecule has 2 amide bonds. The van der Waals surface area contributed by atoms with E-state index in [9.17, 15) is 37.5 Å². The molecule has 0 aromatic heterocycles. The summed E-state index contributed by atoms with van der Waals surface area (Å²) in [5.74, 6) is -6.07. The van der Waals surface area contributed by atoms with Crippen molar-refractivity contribution in [2.24, 2.45) is 5.73 Å². The number of aliphatic carboxylic acids is 1. The second kappa shape index (κ2) is 15.3. The van der Waals surface area contributed by atoms with Gasteiger partial charge in [-0.3, -0.25) is 19.7 Å². The summed E-state index contributed by atoms with van der Waals surface area (Å²) in [4.78, 5) is 52.5. The standard InChI is InChI=1S/C31H39F3N4O6/c1-4-44-17-22(14-27(39)18-8-6-5-7-9-18)37-31(2,3)30(43)38-16-21(13-26(38)29(41)42)36-28(40)12-20(35)10-19-11-24(33)25(34)15-23(19)32/h5-9,11,15,20-22,26,37H,4,10,12-14,16-17,35H2,1-3H3,(H,36,40)(H,41,42)/t20-,21+,22?,26+/m1/s1. The Labute approximate surface area is 254 Å². The molecule has 2 aromatic rings. The average Bonchev–Trinajstić information content (AvgIpc) is 3.38. The number of ketones is 1. The number of nitrogens with one attached hydrogen (secondary N) is 2. The maximum absolute atomic E-state index is 14.0. The van der Waals surface area contributed by atoms with Crippen LogP contribution in [0.4, 0.5) is 13.2 Å². The molecule has 1 unspecified atom stereocenters. The van der Waals surface area contributed by atoms with E-state index in [4.69, 9.17) is 10.5 Å². The van der Waals surface area contributed by atoms with E-state index in [0.717, 1.165) is 0 Å². The van der Waals surface area contributed by atoms with Crippen molar-refractivity contribution in [2.75, 3.05) is 19.8 Å². The van der Waals surface area contributed by atoms with E-state index < -0.39 is 64.9 Å². The number of halogens is 3. The first-order chi connectivity index (χ1) is 20.7. The Morgan fingerprint density at radius 2 is 1.73 bits per heavy atom. The number of benzene rings is 2. The van der Waals surface area contributed by atoms with Crippen LogP contribution in [0, 0.1) is 17.5 Å². The SMILES string of the molecule is CCOCC(CC(=O)c1ccccc1)NC(C)(C)C(=O)N1C[C@@H](NC(=O)C[C@H](N)Cc2cc(F)c(F)cc2F)C[C@H]1C(=O)O. The molecule has 0 spiro atoms. The van der Waals surface area contributed by atoms with Gasteiger partial charge in [-0.2, -0.15) is 0 Å². The van der Waals surface area contributed by atoms with Crippen LogP contribution >= 0.6 is 0 Å². The molecule has 13 heteroatoms. The zero-order valence-corrected chi connectivity index (χ0v) is 24.9. The van der Waals surface area contributed by atoms with Gasteiger partial charge in [0.2, 0.25) is 11.8 Å². The summed E-state index contributed by atoms with van der Waals surface area (Å²) in [6, 6.07) is 6.35. The molecule has 44 heavy (non-hydrogen) atoms. The smallest absolute Gasteiger partial charge is 0.326 e. The molecule has 5 N–H and O–H groups in total. The van der Waals surface area contributed by atoms with Crippen LogP contribution in [-0.4, -0.2) is 83.0 Å². The number of carboxylic acid groups (broad SMARTS) is 1. The molecule has 1 saturated heterocycles. The fourth-order valence-electron chi connectivity index (χ4n) is 5.31. The minimum absolute atomic E-state index is 0.0382. The summed E-state index contributed by atoms with van der Waals surface area (Å²) >= 11 is 0. The molecule has 1 aliphatic rings. The summed E-state index contributed by atoms with van der Waals surface area (Å²) < 4.78 is 46.2. The number of hydrogen-bond acceptors (Lipinski definition) is 7. The van der Waals surface area contributed by atoms with Crippen molar-refractivity contribution in [3.05, 3.63) is 71.0 Å². The number of likely N-dealkylation sites (tertiary alicyclic amines) is 1. The van der Waals surface area contributed by atoms with Gasteiger partial charge in [0.15, 0.2) is 17.4 Å². The van der Waals surface area contributed by atoms with Gasteiger partial charge in [-0.15, -0.1) is 0 Å². The maximum Gasteiger partial charge on any atom is 0.326 e. The molecule has 1 aliphatic heterocycles. The zero-order chi connectivity index (χ0) is 32.6.